The Balaban J connectivity index is 1.25. The van der Waals surface area contributed by atoms with Crippen molar-refractivity contribution in [3.63, 3.8) is 0 Å². The fraction of sp³-hybridized carbons (Fsp3) is 0.839. The molecule has 3 N–H and O–H groups in total. The van der Waals surface area contributed by atoms with E-state index in [1.54, 1.807) is 0 Å². The van der Waals surface area contributed by atoms with Crippen molar-refractivity contribution >= 4 is 23.6 Å². The van der Waals surface area contributed by atoms with Crippen LogP contribution in [0.3, 0.4) is 0 Å². The van der Waals surface area contributed by atoms with Crippen LogP contribution in [0, 0.1) is 57.7 Å². The van der Waals surface area contributed by atoms with E-state index in [-0.39, 0.29) is 36.1 Å². The Morgan fingerprint density at radius 2 is 1.60 bits per heavy atom. The summed E-state index contributed by atoms with van der Waals surface area (Å²) in [5.41, 5.74) is -1.45. The van der Waals surface area contributed by atoms with Gasteiger partial charge in [-0.2, -0.15) is 18.4 Å². The predicted molar refractivity (Wildman–Crippen MR) is 147 cm³/mol. The highest BCUT2D eigenvalue weighted by atomic mass is 19.4. The van der Waals surface area contributed by atoms with Gasteiger partial charge in [-0.3, -0.25) is 19.2 Å². The molecule has 236 valence electrons. The van der Waals surface area contributed by atoms with Gasteiger partial charge in [0, 0.05) is 23.4 Å². The maximum Gasteiger partial charge on any atom is 0.471 e. The summed E-state index contributed by atoms with van der Waals surface area (Å²) < 4.78 is 40.7. The lowest BCUT2D eigenvalue weighted by Crippen LogP contribution is -2.65. The molecule has 2 saturated heterocycles. The molecule has 5 aliphatic carbocycles. The molecule has 0 aromatic rings. The molecule has 9 nitrogen and oxygen atoms in total. The Labute approximate surface area is 250 Å². The summed E-state index contributed by atoms with van der Waals surface area (Å²) in [7, 11) is 0. The molecular formula is C31H42F3N5O4. The van der Waals surface area contributed by atoms with Crippen molar-refractivity contribution in [3.05, 3.63) is 0 Å². The van der Waals surface area contributed by atoms with E-state index in [1.165, 1.54) is 4.90 Å². The predicted octanol–water partition coefficient (Wildman–Crippen LogP) is 3.05. The summed E-state index contributed by atoms with van der Waals surface area (Å²) in [6.45, 7) is 7.98. The highest BCUT2D eigenvalue weighted by Gasteiger charge is 2.70. The minimum absolute atomic E-state index is 0.0236. The largest absolute Gasteiger partial charge is 0.471 e. The Hall–Kier alpha value is -2.84. The number of rotatable bonds is 7. The fourth-order valence-electron chi connectivity index (χ4n) is 10.3. The zero-order valence-electron chi connectivity index (χ0n) is 25.2. The second-order valence-corrected chi connectivity index (χ2v) is 15.8. The van der Waals surface area contributed by atoms with Crippen LogP contribution in [-0.2, 0) is 19.2 Å². The number of carbonyl (C=O) groups excluding carboxylic acids is 4. The number of hydrogen-bond acceptors (Lipinski definition) is 5. The molecule has 0 aromatic carbocycles. The third kappa shape index (κ3) is 5.18. The standard InChI is InChI=1S/C31H42F3N5O4/c1-28(2)12-18(24(40)38-28)8-19(13-35)36-25(41)22-21-20(29(21,3)4)14-39(22)26(42)23(37-27(43)31(32,33)34)30-9-15-5-16(10-30)7-17(6-15)11-30/h15-23H,5-12,14H2,1-4H3,(H,36,41)(H,37,43)(H,38,40)/t15?,16?,17?,18?,19-,20-,21-,22-,23?,30?/m0/s1. The number of alkyl halides is 3. The van der Waals surface area contributed by atoms with Crippen LogP contribution in [0.2, 0.25) is 0 Å². The van der Waals surface area contributed by atoms with E-state index in [2.05, 4.69) is 22.0 Å². The topological polar surface area (TPSA) is 131 Å². The lowest BCUT2D eigenvalue weighted by atomic mass is 9.47. The normalized spacial score (nSPS) is 39.3. The number of nitrogens with one attached hydrogen (secondary N) is 3. The summed E-state index contributed by atoms with van der Waals surface area (Å²) in [4.78, 5) is 54.5. The molecule has 12 heteroatoms. The van der Waals surface area contributed by atoms with Gasteiger partial charge < -0.3 is 20.9 Å². The van der Waals surface area contributed by atoms with Gasteiger partial charge in [0.2, 0.25) is 17.7 Å². The van der Waals surface area contributed by atoms with Crippen molar-refractivity contribution in [1.82, 2.24) is 20.9 Å². The summed E-state index contributed by atoms with van der Waals surface area (Å²) in [6, 6.07) is -1.24. The van der Waals surface area contributed by atoms with Gasteiger partial charge in [0.05, 0.1) is 6.07 Å². The molecule has 4 amide bonds. The number of fused-ring (bicyclic) bond motifs is 1. The molecule has 0 radical (unpaired) electrons. The van der Waals surface area contributed by atoms with Crippen molar-refractivity contribution < 1.29 is 32.3 Å². The Bertz CT molecular complexity index is 1240. The Kier molecular flexibility index (Phi) is 6.90. The number of carbonyl (C=O) groups is 4. The molecule has 5 saturated carbocycles. The first-order valence-electron chi connectivity index (χ1n) is 15.6. The molecule has 2 aliphatic heterocycles. The maximum absolute atomic E-state index is 14.4. The third-order valence-electron chi connectivity index (χ3n) is 11.8. The molecule has 0 spiro atoms. The maximum atomic E-state index is 14.4. The summed E-state index contributed by atoms with van der Waals surface area (Å²) in [5.74, 6) is -3.21. The van der Waals surface area contributed by atoms with E-state index in [9.17, 15) is 37.6 Å². The molecule has 2 heterocycles. The van der Waals surface area contributed by atoms with Crippen LogP contribution < -0.4 is 16.0 Å². The summed E-state index contributed by atoms with van der Waals surface area (Å²) >= 11 is 0. The Morgan fingerprint density at radius 1 is 1.02 bits per heavy atom. The van der Waals surface area contributed by atoms with Crippen LogP contribution in [0.4, 0.5) is 13.2 Å². The quantitative estimate of drug-likeness (QED) is 0.411. The van der Waals surface area contributed by atoms with Crippen molar-refractivity contribution in [2.45, 2.75) is 109 Å². The first kappa shape index (κ1) is 30.2. The monoisotopic (exact) mass is 605 g/mol. The average molecular weight is 606 g/mol. The second-order valence-electron chi connectivity index (χ2n) is 15.8. The molecular weight excluding hydrogens is 563 g/mol. The minimum Gasteiger partial charge on any atom is -0.351 e. The highest BCUT2D eigenvalue weighted by molar-refractivity contribution is 5.95. The average Bonchev–Trinajstić information content (AvgIpc) is 3.16. The van der Waals surface area contributed by atoms with Crippen LogP contribution in [0.15, 0.2) is 0 Å². The minimum atomic E-state index is -5.14. The van der Waals surface area contributed by atoms with Gasteiger partial charge in [0.25, 0.3) is 0 Å². The molecule has 6 atom stereocenters. The molecule has 2 unspecified atom stereocenters. The van der Waals surface area contributed by atoms with Crippen LogP contribution in [0.25, 0.3) is 0 Å². The first-order chi connectivity index (χ1) is 19.9. The van der Waals surface area contributed by atoms with Crippen LogP contribution in [0.1, 0.15) is 79.1 Å². The number of piperidine rings is 1. The van der Waals surface area contributed by atoms with Crippen LogP contribution in [0.5, 0.6) is 0 Å². The Morgan fingerprint density at radius 3 is 2.09 bits per heavy atom. The second kappa shape index (κ2) is 9.83. The van der Waals surface area contributed by atoms with Gasteiger partial charge in [0.15, 0.2) is 0 Å². The lowest BCUT2D eigenvalue weighted by molar-refractivity contribution is -0.179. The lowest BCUT2D eigenvalue weighted by Gasteiger charge is -2.59. The zero-order valence-corrected chi connectivity index (χ0v) is 25.2. The van der Waals surface area contributed by atoms with Gasteiger partial charge in [-0.05, 0) is 100 Å². The fourth-order valence-corrected chi connectivity index (χ4v) is 10.3. The van der Waals surface area contributed by atoms with Crippen molar-refractivity contribution in [2.24, 2.45) is 46.3 Å². The molecule has 4 bridgehead atoms. The van der Waals surface area contributed by atoms with E-state index >= 15 is 0 Å². The zero-order chi connectivity index (χ0) is 31.3. The van der Waals surface area contributed by atoms with Crippen LogP contribution >= 0.6 is 0 Å². The van der Waals surface area contributed by atoms with Gasteiger partial charge in [-0.1, -0.05) is 13.8 Å². The van der Waals surface area contributed by atoms with E-state index in [0.29, 0.717) is 43.4 Å². The number of nitrogens with zero attached hydrogens (tertiary/aromatic N) is 2. The van der Waals surface area contributed by atoms with Gasteiger partial charge in [-0.25, -0.2) is 0 Å². The van der Waals surface area contributed by atoms with Gasteiger partial charge in [-0.15, -0.1) is 0 Å². The number of nitriles is 1. The van der Waals surface area contributed by atoms with E-state index in [0.717, 1.165) is 19.3 Å². The molecule has 0 aromatic heterocycles. The van der Waals surface area contributed by atoms with Gasteiger partial charge in [0.1, 0.15) is 18.1 Å². The smallest absolute Gasteiger partial charge is 0.351 e. The molecule has 43 heavy (non-hydrogen) atoms. The highest BCUT2D eigenvalue weighted by Crippen LogP contribution is 2.66. The summed E-state index contributed by atoms with van der Waals surface area (Å²) in [6.07, 6.45) is 0.274. The number of amides is 4. The van der Waals surface area contributed by atoms with Crippen molar-refractivity contribution in [2.75, 3.05) is 6.54 Å². The van der Waals surface area contributed by atoms with E-state index in [4.69, 9.17) is 0 Å². The molecule has 7 rings (SSSR count). The molecule has 7 fully saturated rings. The van der Waals surface area contributed by atoms with E-state index in [1.807, 2.05) is 27.7 Å². The van der Waals surface area contributed by atoms with Gasteiger partial charge >= 0.3 is 12.1 Å². The van der Waals surface area contributed by atoms with Crippen molar-refractivity contribution in [1.29, 1.82) is 5.26 Å². The third-order valence-corrected chi connectivity index (χ3v) is 11.8. The number of hydrogen-bond donors (Lipinski definition) is 3. The summed E-state index contributed by atoms with van der Waals surface area (Å²) in [5, 5.41) is 17.7. The SMILES string of the molecule is CC1(C)CC(C[C@@H](C#N)NC(=O)[C@@H]2[C@@H]3[C@H](CN2C(=O)C(NC(=O)C(F)(F)F)C24CC5CC(CC(C5)C2)C4)C3(C)C)C(=O)N1. The number of likely N-dealkylation sites (tertiary alicyclic amines) is 1. The van der Waals surface area contributed by atoms with Crippen LogP contribution in [-0.4, -0.2) is 64.9 Å². The van der Waals surface area contributed by atoms with Crippen molar-refractivity contribution in [3.8, 4) is 6.07 Å². The molecule has 7 aliphatic rings. The first-order valence-corrected chi connectivity index (χ1v) is 15.6. The van der Waals surface area contributed by atoms with E-state index < -0.39 is 58.9 Å². The number of halogens is 3.